The molecular formula is C15H17NO3. The fourth-order valence-corrected chi connectivity index (χ4v) is 1.66. The maximum Gasteiger partial charge on any atom is 0.123 e. The van der Waals surface area contributed by atoms with Crippen LogP contribution in [0.25, 0.3) is 0 Å². The van der Waals surface area contributed by atoms with Gasteiger partial charge in [-0.2, -0.15) is 5.48 Å². The van der Waals surface area contributed by atoms with Gasteiger partial charge in [-0.1, -0.05) is 36.4 Å². The number of benzene rings is 2. The van der Waals surface area contributed by atoms with E-state index < -0.39 is 0 Å². The summed E-state index contributed by atoms with van der Waals surface area (Å²) in [6, 6.07) is 15.1. The van der Waals surface area contributed by atoms with E-state index in [1.807, 2.05) is 30.3 Å². The molecule has 2 aromatic carbocycles. The van der Waals surface area contributed by atoms with Gasteiger partial charge in [0.15, 0.2) is 0 Å². The first-order chi connectivity index (χ1) is 9.29. The molecule has 0 saturated heterocycles. The van der Waals surface area contributed by atoms with Gasteiger partial charge in [0, 0.05) is 18.2 Å². The maximum atomic E-state index is 9.76. The molecule has 4 heteroatoms. The summed E-state index contributed by atoms with van der Waals surface area (Å²) in [6.07, 6.45) is 0. The highest BCUT2D eigenvalue weighted by Gasteiger charge is 2.02. The van der Waals surface area contributed by atoms with Crippen molar-refractivity contribution in [2.45, 2.75) is 13.2 Å². The second-order valence-electron chi connectivity index (χ2n) is 4.09. The third kappa shape index (κ3) is 3.98. The predicted molar refractivity (Wildman–Crippen MR) is 72.7 cm³/mol. The van der Waals surface area contributed by atoms with Gasteiger partial charge in [0.25, 0.3) is 0 Å². The minimum absolute atomic E-state index is 0.190. The summed E-state index contributed by atoms with van der Waals surface area (Å²) in [6.45, 7) is 0.917. The van der Waals surface area contributed by atoms with E-state index in [4.69, 9.17) is 9.57 Å². The number of phenols is 1. The van der Waals surface area contributed by atoms with E-state index >= 15 is 0 Å². The molecule has 100 valence electrons. The van der Waals surface area contributed by atoms with Crippen LogP contribution < -0.4 is 10.2 Å². The second kappa shape index (κ2) is 6.78. The fraction of sp³-hybridized carbons (Fsp3) is 0.200. The van der Waals surface area contributed by atoms with E-state index in [1.165, 1.54) is 0 Å². The number of phenolic OH excluding ortho intramolecular Hbond substituents is 1. The predicted octanol–water partition coefficient (Wildman–Crippen LogP) is 2.62. The number of methoxy groups -OCH3 is 1. The van der Waals surface area contributed by atoms with E-state index in [0.29, 0.717) is 18.9 Å². The minimum Gasteiger partial charge on any atom is -0.507 e. The van der Waals surface area contributed by atoms with Crippen LogP contribution in [0.2, 0.25) is 0 Å². The highest BCUT2D eigenvalue weighted by atomic mass is 16.6. The number of ether oxygens (including phenoxy) is 1. The molecule has 0 atom stereocenters. The van der Waals surface area contributed by atoms with Gasteiger partial charge in [-0.3, -0.25) is 4.84 Å². The monoisotopic (exact) mass is 259 g/mol. The molecule has 2 rings (SSSR count). The first kappa shape index (κ1) is 13.4. The minimum atomic E-state index is 0.190. The number of hydrogen-bond acceptors (Lipinski definition) is 4. The molecule has 0 fully saturated rings. The number of rotatable bonds is 6. The smallest absolute Gasteiger partial charge is 0.123 e. The van der Waals surface area contributed by atoms with Crippen LogP contribution in [-0.2, 0) is 18.0 Å². The van der Waals surface area contributed by atoms with E-state index in [0.717, 1.165) is 11.1 Å². The Morgan fingerprint density at radius 3 is 2.58 bits per heavy atom. The normalized spacial score (nSPS) is 10.4. The van der Waals surface area contributed by atoms with Crippen molar-refractivity contribution in [3.05, 3.63) is 59.7 Å². The van der Waals surface area contributed by atoms with Crippen LogP contribution in [0.1, 0.15) is 11.1 Å². The molecule has 0 radical (unpaired) electrons. The van der Waals surface area contributed by atoms with Crippen LogP contribution in [0.5, 0.6) is 11.5 Å². The fourth-order valence-electron chi connectivity index (χ4n) is 1.66. The molecular weight excluding hydrogens is 242 g/mol. The molecule has 0 saturated carbocycles. The molecule has 0 aromatic heterocycles. The van der Waals surface area contributed by atoms with Gasteiger partial charge >= 0.3 is 0 Å². The molecule has 2 N–H and O–H groups in total. The Morgan fingerprint density at radius 2 is 1.89 bits per heavy atom. The van der Waals surface area contributed by atoms with E-state index in [2.05, 4.69) is 5.48 Å². The topological polar surface area (TPSA) is 50.7 Å². The third-order valence-electron chi connectivity index (χ3n) is 2.74. The van der Waals surface area contributed by atoms with Crippen LogP contribution >= 0.6 is 0 Å². The van der Waals surface area contributed by atoms with Gasteiger partial charge < -0.3 is 9.84 Å². The molecule has 0 aliphatic heterocycles. The maximum absolute atomic E-state index is 9.76. The Labute approximate surface area is 112 Å². The van der Waals surface area contributed by atoms with Crippen LogP contribution in [0, 0.1) is 0 Å². The van der Waals surface area contributed by atoms with Crippen molar-refractivity contribution >= 4 is 0 Å². The lowest BCUT2D eigenvalue weighted by Gasteiger charge is -2.08. The zero-order valence-corrected chi connectivity index (χ0v) is 10.8. The van der Waals surface area contributed by atoms with Crippen molar-refractivity contribution < 1.29 is 14.7 Å². The molecule has 0 unspecified atom stereocenters. The van der Waals surface area contributed by atoms with Crippen molar-refractivity contribution in [1.29, 1.82) is 0 Å². The highest BCUT2D eigenvalue weighted by Crippen LogP contribution is 2.23. The Hall–Kier alpha value is -2.04. The molecule has 2 aromatic rings. The Morgan fingerprint density at radius 1 is 1.11 bits per heavy atom. The van der Waals surface area contributed by atoms with Crippen molar-refractivity contribution in [3.63, 3.8) is 0 Å². The molecule has 0 bridgehead atoms. The van der Waals surface area contributed by atoms with Crippen molar-refractivity contribution in [2.75, 3.05) is 7.11 Å². The summed E-state index contributed by atoms with van der Waals surface area (Å²) in [5.74, 6) is 0.821. The average molecular weight is 259 g/mol. The Balaban J connectivity index is 1.80. The van der Waals surface area contributed by atoms with Crippen molar-refractivity contribution in [2.24, 2.45) is 0 Å². The summed E-state index contributed by atoms with van der Waals surface area (Å²) in [5.41, 5.74) is 4.68. The van der Waals surface area contributed by atoms with Crippen LogP contribution in [0.3, 0.4) is 0 Å². The molecule has 0 aliphatic carbocycles. The van der Waals surface area contributed by atoms with Gasteiger partial charge in [0.1, 0.15) is 11.5 Å². The number of aromatic hydroxyl groups is 1. The number of nitrogens with one attached hydrogen (secondary N) is 1. The van der Waals surface area contributed by atoms with Crippen LogP contribution in [-0.4, -0.2) is 12.2 Å². The van der Waals surface area contributed by atoms with Gasteiger partial charge in [-0.05, 0) is 11.6 Å². The van der Waals surface area contributed by atoms with Crippen LogP contribution in [0.15, 0.2) is 48.5 Å². The lowest BCUT2D eigenvalue weighted by Crippen LogP contribution is -2.13. The van der Waals surface area contributed by atoms with Crippen molar-refractivity contribution in [3.8, 4) is 11.5 Å². The first-order valence-electron chi connectivity index (χ1n) is 6.04. The largest absolute Gasteiger partial charge is 0.507 e. The van der Waals surface area contributed by atoms with Gasteiger partial charge in [0.2, 0.25) is 0 Å². The summed E-state index contributed by atoms with van der Waals surface area (Å²) < 4.78 is 5.02. The highest BCUT2D eigenvalue weighted by molar-refractivity contribution is 5.39. The molecule has 19 heavy (non-hydrogen) atoms. The SMILES string of the molecule is COc1ccc(CNOCc2ccccc2)c(O)c1. The zero-order chi connectivity index (χ0) is 13.5. The molecule has 0 heterocycles. The summed E-state index contributed by atoms with van der Waals surface area (Å²) in [4.78, 5) is 5.34. The summed E-state index contributed by atoms with van der Waals surface area (Å²) in [7, 11) is 1.57. The van der Waals surface area contributed by atoms with E-state index in [-0.39, 0.29) is 5.75 Å². The third-order valence-corrected chi connectivity index (χ3v) is 2.74. The lowest BCUT2D eigenvalue weighted by molar-refractivity contribution is 0.0231. The molecule has 4 nitrogen and oxygen atoms in total. The van der Waals surface area contributed by atoms with Gasteiger partial charge in [-0.15, -0.1) is 0 Å². The quantitative estimate of drug-likeness (QED) is 0.618. The van der Waals surface area contributed by atoms with E-state index in [1.54, 1.807) is 25.3 Å². The first-order valence-corrected chi connectivity index (χ1v) is 6.04. The van der Waals surface area contributed by atoms with Crippen LogP contribution in [0.4, 0.5) is 0 Å². The second-order valence-corrected chi connectivity index (χ2v) is 4.09. The molecule has 0 aliphatic rings. The summed E-state index contributed by atoms with van der Waals surface area (Å²) in [5, 5.41) is 9.76. The average Bonchev–Trinajstić information content (AvgIpc) is 2.46. The lowest BCUT2D eigenvalue weighted by atomic mass is 10.2. The Kier molecular flexibility index (Phi) is 4.78. The standard InChI is InChI=1S/C15H17NO3/c1-18-14-8-7-13(15(17)9-14)10-16-19-11-12-5-3-2-4-6-12/h2-9,16-17H,10-11H2,1H3. The Bertz CT molecular complexity index is 514. The summed E-state index contributed by atoms with van der Waals surface area (Å²) >= 11 is 0. The zero-order valence-electron chi connectivity index (χ0n) is 10.8. The number of hydrogen-bond donors (Lipinski definition) is 2. The van der Waals surface area contributed by atoms with Gasteiger partial charge in [-0.25, -0.2) is 0 Å². The molecule has 0 spiro atoms. The van der Waals surface area contributed by atoms with Gasteiger partial charge in [0.05, 0.1) is 13.7 Å². The molecule has 0 amide bonds. The van der Waals surface area contributed by atoms with E-state index in [9.17, 15) is 5.11 Å². The van der Waals surface area contributed by atoms with Crippen molar-refractivity contribution in [1.82, 2.24) is 5.48 Å². The number of hydroxylamine groups is 1.